The zero-order valence-corrected chi connectivity index (χ0v) is 13.9. The van der Waals surface area contributed by atoms with Crippen LogP contribution < -0.4 is 5.32 Å². The van der Waals surface area contributed by atoms with Crippen LogP contribution in [0, 0.1) is 21.7 Å². The Bertz CT molecular complexity index is 817. The number of hydrogen-bond acceptors (Lipinski definition) is 4. The van der Waals surface area contributed by atoms with Crippen LogP contribution in [0.5, 0.6) is 0 Å². The van der Waals surface area contributed by atoms with E-state index >= 15 is 0 Å². The molecule has 0 atom stereocenters. The summed E-state index contributed by atoms with van der Waals surface area (Å²) in [5.74, 6) is -2.14. The Balaban J connectivity index is 2.00. The van der Waals surface area contributed by atoms with Crippen LogP contribution in [0.25, 0.3) is 0 Å². The van der Waals surface area contributed by atoms with Gasteiger partial charge < -0.3 is 5.32 Å². The molecule has 1 amide bonds. The monoisotopic (exact) mass is 369 g/mol. The van der Waals surface area contributed by atoms with Crippen molar-refractivity contribution in [2.45, 2.75) is 6.54 Å². The zero-order chi connectivity index (χ0) is 18.6. The molecule has 0 radical (unpaired) electrons. The van der Waals surface area contributed by atoms with Crippen molar-refractivity contribution < 1.29 is 18.5 Å². The second-order valence-corrected chi connectivity index (χ2v) is 5.78. The van der Waals surface area contributed by atoms with E-state index in [4.69, 9.17) is 11.6 Å². The van der Waals surface area contributed by atoms with Crippen LogP contribution in [0.4, 0.5) is 20.2 Å². The minimum absolute atomic E-state index is 0.106. The maximum absolute atomic E-state index is 13.5. The van der Waals surface area contributed by atoms with Crippen molar-refractivity contribution >= 4 is 28.9 Å². The Labute approximate surface area is 147 Å². The molecule has 2 aromatic rings. The fourth-order valence-electron chi connectivity index (χ4n) is 2.17. The van der Waals surface area contributed by atoms with Gasteiger partial charge in [-0.15, -0.1) is 0 Å². The number of nitro groups is 1. The number of rotatable bonds is 6. The van der Waals surface area contributed by atoms with Crippen LogP contribution in [-0.4, -0.2) is 29.3 Å². The highest BCUT2D eigenvalue weighted by Crippen LogP contribution is 2.23. The summed E-state index contributed by atoms with van der Waals surface area (Å²) >= 11 is 6.01. The fourth-order valence-corrected chi connectivity index (χ4v) is 2.35. The Morgan fingerprint density at radius 3 is 2.64 bits per heavy atom. The average molecular weight is 370 g/mol. The quantitative estimate of drug-likeness (QED) is 0.623. The van der Waals surface area contributed by atoms with Gasteiger partial charge in [-0.25, -0.2) is 8.78 Å². The van der Waals surface area contributed by atoms with Gasteiger partial charge in [0.25, 0.3) is 5.69 Å². The first-order chi connectivity index (χ1) is 11.8. The van der Waals surface area contributed by atoms with Crippen LogP contribution in [-0.2, 0) is 11.3 Å². The lowest BCUT2D eigenvalue weighted by Gasteiger charge is -2.17. The maximum Gasteiger partial charge on any atom is 0.269 e. The summed E-state index contributed by atoms with van der Waals surface area (Å²) in [4.78, 5) is 23.8. The first-order valence-electron chi connectivity index (χ1n) is 7.12. The molecule has 0 unspecified atom stereocenters. The van der Waals surface area contributed by atoms with E-state index in [0.29, 0.717) is 16.7 Å². The second kappa shape index (κ2) is 8.00. The maximum atomic E-state index is 13.5. The lowest BCUT2D eigenvalue weighted by molar-refractivity contribution is -0.384. The summed E-state index contributed by atoms with van der Waals surface area (Å²) in [6, 6.07) is 6.86. The van der Waals surface area contributed by atoms with Crippen LogP contribution in [0.1, 0.15) is 5.56 Å². The van der Waals surface area contributed by atoms with Crippen molar-refractivity contribution in [3.05, 3.63) is 68.7 Å². The average Bonchev–Trinajstić information content (AvgIpc) is 2.52. The largest absolute Gasteiger partial charge is 0.322 e. The number of carbonyl (C=O) groups excluding carboxylic acids is 1. The molecule has 0 aliphatic carbocycles. The van der Waals surface area contributed by atoms with E-state index in [9.17, 15) is 23.7 Å². The molecule has 25 heavy (non-hydrogen) atoms. The first kappa shape index (κ1) is 18.8. The molecule has 0 heterocycles. The number of nitrogens with zero attached hydrogens (tertiary/aromatic N) is 2. The van der Waals surface area contributed by atoms with Crippen LogP contribution in [0.15, 0.2) is 36.4 Å². The van der Waals surface area contributed by atoms with E-state index in [1.54, 1.807) is 11.9 Å². The molecular weight excluding hydrogens is 356 g/mol. The van der Waals surface area contributed by atoms with Crippen molar-refractivity contribution in [1.82, 2.24) is 4.90 Å². The third-order valence-electron chi connectivity index (χ3n) is 3.30. The van der Waals surface area contributed by atoms with E-state index in [-0.39, 0.29) is 24.5 Å². The number of likely N-dealkylation sites (N-methyl/N-ethyl adjacent to an activating group) is 1. The molecule has 0 saturated carbocycles. The Hall–Kier alpha value is -2.58. The molecular formula is C16H14ClF2N3O3. The summed E-state index contributed by atoms with van der Waals surface area (Å²) in [5.41, 5.74) is 0.248. The number of anilines is 1. The van der Waals surface area contributed by atoms with Crippen molar-refractivity contribution in [1.29, 1.82) is 0 Å². The van der Waals surface area contributed by atoms with Crippen molar-refractivity contribution in [3.8, 4) is 0 Å². The molecule has 0 bridgehead atoms. The van der Waals surface area contributed by atoms with E-state index < -0.39 is 22.5 Å². The van der Waals surface area contributed by atoms with Gasteiger partial charge in [0.05, 0.1) is 17.2 Å². The van der Waals surface area contributed by atoms with E-state index in [2.05, 4.69) is 5.32 Å². The lowest BCUT2D eigenvalue weighted by Crippen LogP contribution is -2.30. The van der Waals surface area contributed by atoms with Crippen LogP contribution in [0.3, 0.4) is 0 Å². The van der Waals surface area contributed by atoms with Crippen molar-refractivity contribution in [3.63, 3.8) is 0 Å². The Morgan fingerprint density at radius 1 is 1.28 bits per heavy atom. The number of hydrogen-bond donors (Lipinski definition) is 1. The van der Waals surface area contributed by atoms with Gasteiger partial charge in [-0.2, -0.15) is 0 Å². The highest BCUT2D eigenvalue weighted by atomic mass is 35.5. The van der Waals surface area contributed by atoms with Gasteiger partial charge >= 0.3 is 0 Å². The van der Waals surface area contributed by atoms with Gasteiger partial charge in [0.2, 0.25) is 5.91 Å². The number of halogens is 3. The van der Waals surface area contributed by atoms with Gasteiger partial charge in [-0.3, -0.25) is 19.8 Å². The molecule has 9 heteroatoms. The molecule has 0 aliphatic rings. The summed E-state index contributed by atoms with van der Waals surface area (Å²) in [6.45, 7) is 0.0651. The summed E-state index contributed by atoms with van der Waals surface area (Å²) < 4.78 is 26.4. The normalized spacial score (nSPS) is 10.8. The van der Waals surface area contributed by atoms with Gasteiger partial charge in [0, 0.05) is 29.8 Å². The minimum atomic E-state index is -0.877. The number of carbonyl (C=O) groups is 1. The topological polar surface area (TPSA) is 75.5 Å². The molecule has 2 rings (SSSR count). The van der Waals surface area contributed by atoms with Gasteiger partial charge in [0.15, 0.2) is 0 Å². The first-order valence-corrected chi connectivity index (χ1v) is 7.50. The number of amides is 1. The molecule has 1 N–H and O–H groups in total. The molecule has 2 aromatic carbocycles. The minimum Gasteiger partial charge on any atom is -0.322 e. The van der Waals surface area contributed by atoms with Gasteiger partial charge in [-0.05, 0) is 30.8 Å². The highest BCUT2D eigenvalue weighted by molar-refractivity contribution is 6.31. The number of nitro benzene ring substituents is 1. The van der Waals surface area contributed by atoms with Crippen molar-refractivity contribution in [2.24, 2.45) is 0 Å². The third kappa shape index (κ3) is 5.20. The highest BCUT2D eigenvalue weighted by Gasteiger charge is 2.14. The number of non-ortho nitro benzene ring substituents is 1. The van der Waals surface area contributed by atoms with Crippen LogP contribution >= 0.6 is 11.6 Å². The van der Waals surface area contributed by atoms with E-state index in [1.807, 2.05) is 0 Å². The molecule has 0 saturated heterocycles. The second-order valence-electron chi connectivity index (χ2n) is 5.38. The predicted molar refractivity (Wildman–Crippen MR) is 89.4 cm³/mol. The SMILES string of the molecule is CN(CC(=O)Nc1ccc(F)cc1F)Cc1cc([N+](=O)[O-])ccc1Cl. The molecule has 0 aromatic heterocycles. The Morgan fingerprint density at radius 2 is 2.00 bits per heavy atom. The Kier molecular flexibility index (Phi) is 6.00. The standard InChI is InChI=1S/C16H14ClF2N3O3/c1-21(8-10-6-12(22(24)25)3-4-13(10)17)9-16(23)20-15-5-2-11(18)7-14(15)19/h2-7H,8-9H2,1H3,(H,20,23). The van der Waals surface area contributed by atoms with E-state index in [0.717, 1.165) is 12.1 Å². The van der Waals surface area contributed by atoms with Gasteiger partial charge in [-0.1, -0.05) is 11.6 Å². The molecule has 6 nitrogen and oxygen atoms in total. The predicted octanol–water partition coefficient (Wildman–Crippen LogP) is 3.60. The van der Waals surface area contributed by atoms with E-state index in [1.165, 1.54) is 18.2 Å². The summed E-state index contributed by atoms with van der Waals surface area (Å²) in [5, 5.41) is 13.5. The number of benzene rings is 2. The summed E-state index contributed by atoms with van der Waals surface area (Å²) in [6.07, 6.45) is 0. The van der Waals surface area contributed by atoms with Crippen molar-refractivity contribution in [2.75, 3.05) is 18.9 Å². The molecule has 0 spiro atoms. The molecule has 132 valence electrons. The number of nitrogens with one attached hydrogen (secondary N) is 1. The molecule has 0 fully saturated rings. The van der Waals surface area contributed by atoms with Gasteiger partial charge in [0.1, 0.15) is 11.6 Å². The lowest BCUT2D eigenvalue weighted by atomic mass is 10.2. The molecule has 0 aliphatic heterocycles. The third-order valence-corrected chi connectivity index (χ3v) is 3.67. The zero-order valence-electron chi connectivity index (χ0n) is 13.1. The van der Waals surface area contributed by atoms with Crippen LogP contribution in [0.2, 0.25) is 5.02 Å². The smallest absolute Gasteiger partial charge is 0.269 e. The fraction of sp³-hybridized carbons (Fsp3) is 0.188. The summed E-state index contributed by atoms with van der Waals surface area (Å²) in [7, 11) is 1.61.